The number of rotatable bonds is 4. The molecule has 1 aromatic rings. The van der Waals surface area contributed by atoms with Gasteiger partial charge in [-0.1, -0.05) is 26.0 Å². The third-order valence-electron chi connectivity index (χ3n) is 10.3. The first kappa shape index (κ1) is 21.7. The predicted molar refractivity (Wildman–Crippen MR) is 127 cm³/mol. The summed E-state index contributed by atoms with van der Waals surface area (Å²) in [7, 11) is 2.25. The van der Waals surface area contributed by atoms with Crippen LogP contribution in [0, 0.1) is 34.5 Å². The van der Waals surface area contributed by atoms with Gasteiger partial charge in [0.05, 0.1) is 6.20 Å². The van der Waals surface area contributed by atoms with Gasteiger partial charge in [0.1, 0.15) is 0 Å². The molecule has 0 unspecified atom stereocenters. The molecule has 0 spiro atoms. The molecule has 3 N–H and O–H groups in total. The Morgan fingerprint density at radius 2 is 1.97 bits per heavy atom. The molecular weight excluding hydrogens is 382 g/mol. The van der Waals surface area contributed by atoms with E-state index in [1.54, 1.807) is 0 Å². The standard InChI is InChI=1S/C26H43N5/c1-18-5-6-22-21(15-27)23(7-8-25(18,22)2)26(3)14-19-16-28-29-24(19)13-20(26)17-31-11-9-30(4)10-12-31/h16,20-23H,1,5-15,17,27H2,2-4H3,(H,28,29)/t20-,21+,22+,23+,25-,26+/m1/s1. The van der Waals surface area contributed by atoms with Crippen LogP contribution in [0.15, 0.2) is 18.3 Å². The fourth-order valence-corrected chi connectivity index (χ4v) is 8.09. The number of likely N-dealkylation sites (N-methyl/N-ethyl adjacent to an activating group) is 1. The normalized spacial score (nSPS) is 41.9. The molecule has 0 radical (unpaired) electrons. The lowest BCUT2D eigenvalue weighted by atomic mass is 9.49. The fraction of sp³-hybridized carbons (Fsp3) is 0.808. The second-order valence-electron chi connectivity index (χ2n) is 11.8. The van der Waals surface area contributed by atoms with Crippen LogP contribution in [0.1, 0.15) is 50.8 Å². The molecule has 2 saturated carbocycles. The molecule has 0 aromatic carbocycles. The van der Waals surface area contributed by atoms with Crippen LogP contribution in [0.25, 0.3) is 0 Å². The summed E-state index contributed by atoms with van der Waals surface area (Å²) in [6.45, 7) is 16.4. The Balaban J connectivity index is 1.44. The van der Waals surface area contributed by atoms with Crippen molar-refractivity contribution in [2.75, 3.05) is 46.3 Å². The molecular formula is C26H43N5. The largest absolute Gasteiger partial charge is 0.330 e. The van der Waals surface area contributed by atoms with Crippen molar-refractivity contribution in [1.82, 2.24) is 20.0 Å². The average Bonchev–Trinajstić information content (AvgIpc) is 3.32. The van der Waals surface area contributed by atoms with Crippen molar-refractivity contribution < 1.29 is 0 Å². The van der Waals surface area contributed by atoms with Crippen LogP contribution < -0.4 is 5.73 Å². The Morgan fingerprint density at radius 1 is 1.19 bits per heavy atom. The smallest absolute Gasteiger partial charge is 0.0522 e. The van der Waals surface area contributed by atoms with Gasteiger partial charge < -0.3 is 15.5 Å². The maximum absolute atomic E-state index is 6.57. The Hall–Kier alpha value is -1.17. The quantitative estimate of drug-likeness (QED) is 0.727. The number of H-pyrrole nitrogens is 1. The average molecular weight is 426 g/mol. The Bertz CT molecular complexity index is 808. The lowest BCUT2D eigenvalue weighted by Crippen LogP contribution is -2.55. The zero-order chi connectivity index (χ0) is 21.8. The van der Waals surface area contributed by atoms with E-state index in [0.717, 1.165) is 25.3 Å². The van der Waals surface area contributed by atoms with Gasteiger partial charge in [-0.15, -0.1) is 0 Å². The van der Waals surface area contributed by atoms with E-state index in [1.165, 1.54) is 75.2 Å². The monoisotopic (exact) mass is 425 g/mol. The molecule has 0 amide bonds. The Kier molecular flexibility index (Phi) is 5.59. The number of aromatic nitrogens is 2. The summed E-state index contributed by atoms with van der Waals surface area (Å²) in [5.41, 5.74) is 11.5. The third-order valence-corrected chi connectivity index (χ3v) is 10.3. The highest BCUT2D eigenvalue weighted by Gasteiger charge is 2.56. The van der Waals surface area contributed by atoms with Gasteiger partial charge >= 0.3 is 0 Å². The summed E-state index contributed by atoms with van der Waals surface area (Å²) in [6, 6.07) is 0. The van der Waals surface area contributed by atoms with Crippen molar-refractivity contribution in [2.24, 2.45) is 40.2 Å². The number of aromatic amines is 1. The summed E-state index contributed by atoms with van der Waals surface area (Å²) in [6.07, 6.45) is 9.50. The number of nitrogens with zero attached hydrogens (tertiary/aromatic N) is 3. The van der Waals surface area contributed by atoms with Gasteiger partial charge in [-0.3, -0.25) is 5.10 Å². The summed E-state index contributed by atoms with van der Waals surface area (Å²) >= 11 is 0. The number of fused-ring (bicyclic) bond motifs is 2. The van der Waals surface area contributed by atoms with E-state index in [2.05, 4.69) is 53.7 Å². The molecule has 31 heavy (non-hydrogen) atoms. The molecule has 4 aliphatic rings. The molecule has 5 rings (SSSR count). The first-order chi connectivity index (χ1) is 14.8. The lowest BCUT2D eigenvalue weighted by Gasteiger charge is -2.56. The van der Waals surface area contributed by atoms with Gasteiger partial charge in [-0.05, 0) is 92.2 Å². The first-order valence-electron chi connectivity index (χ1n) is 12.7. The number of nitrogens with one attached hydrogen (secondary N) is 1. The van der Waals surface area contributed by atoms with Crippen LogP contribution in [-0.2, 0) is 12.8 Å². The van der Waals surface area contributed by atoms with Crippen molar-refractivity contribution in [3.05, 3.63) is 29.6 Å². The van der Waals surface area contributed by atoms with Crippen LogP contribution in [0.4, 0.5) is 0 Å². The highest BCUT2D eigenvalue weighted by atomic mass is 15.2. The summed E-state index contributed by atoms with van der Waals surface area (Å²) in [4.78, 5) is 5.19. The fourth-order valence-electron chi connectivity index (χ4n) is 8.09. The predicted octanol–water partition coefficient (Wildman–Crippen LogP) is 3.34. The molecule has 5 nitrogen and oxygen atoms in total. The molecule has 2 heterocycles. The van der Waals surface area contributed by atoms with E-state index in [0.29, 0.717) is 23.2 Å². The van der Waals surface area contributed by atoms with Crippen LogP contribution in [-0.4, -0.2) is 66.3 Å². The van der Waals surface area contributed by atoms with E-state index in [-0.39, 0.29) is 5.41 Å². The van der Waals surface area contributed by atoms with Gasteiger partial charge in [0.15, 0.2) is 0 Å². The van der Waals surface area contributed by atoms with Gasteiger partial charge in [-0.25, -0.2) is 0 Å². The van der Waals surface area contributed by atoms with E-state index < -0.39 is 0 Å². The summed E-state index contributed by atoms with van der Waals surface area (Å²) in [5.74, 6) is 2.70. The summed E-state index contributed by atoms with van der Waals surface area (Å²) in [5, 5.41) is 7.77. The second kappa shape index (κ2) is 8.00. The molecule has 0 bridgehead atoms. The second-order valence-corrected chi connectivity index (χ2v) is 11.8. The van der Waals surface area contributed by atoms with Crippen LogP contribution in [0.2, 0.25) is 0 Å². The molecule has 5 heteroatoms. The Labute approximate surface area is 188 Å². The molecule has 6 atom stereocenters. The highest BCUT2D eigenvalue weighted by molar-refractivity contribution is 5.26. The van der Waals surface area contributed by atoms with Gasteiger partial charge in [0.25, 0.3) is 0 Å². The zero-order valence-corrected chi connectivity index (χ0v) is 20.0. The van der Waals surface area contributed by atoms with Gasteiger partial charge in [-0.2, -0.15) is 5.10 Å². The van der Waals surface area contributed by atoms with E-state index in [1.807, 2.05) is 0 Å². The number of piperazine rings is 1. The molecule has 1 aromatic heterocycles. The van der Waals surface area contributed by atoms with Crippen LogP contribution in [0.5, 0.6) is 0 Å². The topological polar surface area (TPSA) is 61.2 Å². The van der Waals surface area contributed by atoms with E-state index >= 15 is 0 Å². The minimum Gasteiger partial charge on any atom is -0.330 e. The first-order valence-corrected chi connectivity index (χ1v) is 12.7. The molecule has 3 aliphatic carbocycles. The van der Waals surface area contributed by atoms with Crippen molar-refractivity contribution in [1.29, 1.82) is 0 Å². The van der Waals surface area contributed by atoms with Crippen LogP contribution in [0.3, 0.4) is 0 Å². The maximum Gasteiger partial charge on any atom is 0.0522 e. The molecule has 172 valence electrons. The van der Waals surface area contributed by atoms with Crippen molar-refractivity contribution in [2.45, 2.75) is 52.4 Å². The molecule has 1 aliphatic heterocycles. The minimum atomic E-state index is 0.287. The number of allylic oxidation sites excluding steroid dienone is 1. The highest BCUT2D eigenvalue weighted by Crippen LogP contribution is 2.62. The maximum atomic E-state index is 6.57. The zero-order valence-electron chi connectivity index (χ0n) is 20.0. The number of hydrogen-bond acceptors (Lipinski definition) is 4. The van der Waals surface area contributed by atoms with Gasteiger partial charge in [0.2, 0.25) is 0 Å². The third kappa shape index (κ3) is 3.52. The molecule has 1 saturated heterocycles. The van der Waals surface area contributed by atoms with Crippen molar-refractivity contribution >= 4 is 0 Å². The van der Waals surface area contributed by atoms with Crippen LogP contribution >= 0.6 is 0 Å². The van der Waals surface area contributed by atoms with E-state index in [9.17, 15) is 0 Å². The summed E-state index contributed by atoms with van der Waals surface area (Å²) < 4.78 is 0. The number of nitrogens with two attached hydrogens (primary N) is 1. The molecule has 3 fully saturated rings. The Morgan fingerprint density at radius 3 is 2.71 bits per heavy atom. The van der Waals surface area contributed by atoms with Gasteiger partial charge in [0, 0.05) is 38.4 Å². The number of hydrogen-bond donors (Lipinski definition) is 2. The lowest BCUT2D eigenvalue weighted by molar-refractivity contribution is -0.0507. The minimum absolute atomic E-state index is 0.287. The van der Waals surface area contributed by atoms with Crippen molar-refractivity contribution in [3.8, 4) is 0 Å². The van der Waals surface area contributed by atoms with Crippen molar-refractivity contribution in [3.63, 3.8) is 0 Å². The van der Waals surface area contributed by atoms with E-state index in [4.69, 9.17) is 5.73 Å². The SMILES string of the molecule is C=C1CC[C@H]2[C@H](CN)[C@@H]([C@@]3(C)Cc4cn[nH]c4C[C@@H]3CN3CCN(C)CC3)CC[C@]12C.